The van der Waals surface area contributed by atoms with Gasteiger partial charge in [0.05, 0.1) is 12.1 Å². The Morgan fingerprint density at radius 2 is 1.91 bits per heavy atom. The zero-order valence-corrected chi connectivity index (χ0v) is 13.1. The molecule has 1 aliphatic rings. The van der Waals surface area contributed by atoms with Crippen molar-refractivity contribution in [3.8, 4) is 5.75 Å². The van der Waals surface area contributed by atoms with Crippen LogP contribution in [0.15, 0.2) is 48.7 Å². The molecule has 1 N–H and O–H groups in total. The van der Waals surface area contributed by atoms with E-state index in [1.807, 2.05) is 36.4 Å². The van der Waals surface area contributed by atoms with E-state index in [2.05, 4.69) is 15.2 Å². The maximum absolute atomic E-state index is 12.4. The lowest BCUT2D eigenvalue weighted by atomic mass is 10.2. The first kappa shape index (κ1) is 15.3. The van der Waals surface area contributed by atoms with Crippen LogP contribution in [0.5, 0.6) is 5.75 Å². The van der Waals surface area contributed by atoms with Crippen molar-refractivity contribution in [1.82, 2.24) is 10.3 Å². The summed E-state index contributed by atoms with van der Waals surface area (Å²) < 4.78 is 5.58. The van der Waals surface area contributed by atoms with E-state index >= 15 is 0 Å². The van der Waals surface area contributed by atoms with Crippen LogP contribution < -0.4 is 15.0 Å². The maximum Gasteiger partial charge on any atom is 0.255 e. The van der Waals surface area contributed by atoms with Crippen LogP contribution in [0.25, 0.3) is 0 Å². The van der Waals surface area contributed by atoms with Crippen molar-refractivity contribution in [2.45, 2.75) is 12.8 Å². The van der Waals surface area contributed by atoms with Crippen LogP contribution in [0.4, 0.5) is 5.82 Å². The monoisotopic (exact) mass is 311 g/mol. The number of aromatic nitrogens is 1. The molecule has 2 aromatic rings. The molecule has 0 spiro atoms. The second-order valence-corrected chi connectivity index (χ2v) is 5.49. The zero-order chi connectivity index (χ0) is 15.9. The highest BCUT2D eigenvalue weighted by molar-refractivity contribution is 5.98. The third-order valence-electron chi connectivity index (χ3n) is 3.84. The molecule has 5 heteroatoms. The standard InChI is InChI=1S/C18H21N3O2/c22-18(20-11-14-23-15-7-2-1-3-8-15)16-9-6-10-19-17(16)21-12-4-5-13-21/h1-3,6-10H,4-5,11-14H2,(H,20,22). The molecular formula is C18H21N3O2. The molecule has 1 aromatic carbocycles. The Hall–Kier alpha value is -2.56. The Labute approximate surface area is 136 Å². The van der Waals surface area contributed by atoms with Crippen LogP contribution in [0, 0.1) is 0 Å². The predicted octanol–water partition coefficient (Wildman–Crippen LogP) is 2.49. The summed E-state index contributed by atoms with van der Waals surface area (Å²) in [4.78, 5) is 19.0. The average Bonchev–Trinajstić information content (AvgIpc) is 3.14. The zero-order valence-electron chi connectivity index (χ0n) is 13.1. The number of rotatable bonds is 6. The molecule has 0 radical (unpaired) electrons. The van der Waals surface area contributed by atoms with Gasteiger partial charge in [0.2, 0.25) is 0 Å². The summed E-state index contributed by atoms with van der Waals surface area (Å²) in [6.07, 6.45) is 4.05. The average molecular weight is 311 g/mol. The second-order valence-electron chi connectivity index (χ2n) is 5.49. The lowest BCUT2D eigenvalue weighted by molar-refractivity contribution is 0.0947. The minimum absolute atomic E-state index is 0.100. The van der Waals surface area contributed by atoms with Crippen molar-refractivity contribution in [1.29, 1.82) is 0 Å². The molecule has 1 saturated heterocycles. The molecule has 1 aliphatic heterocycles. The van der Waals surface area contributed by atoms with E-state index in [0.717, 1.165) is 37.5 Å². The molecule has 0 bridgehead atoms. The third-order valence-corrected chi connectivity index (χ3v) is 3.84. The van der Waals surface area contributed by atoms with Gasteiger partial charge in [-0.05, 0) is 37.1 Å². The molecule has 1 aromatic heterocycles. The van der Waals surface area contributed by atoms with Gasteiger partial charge in [0, 0.05) is 19.3 Å². The number of amides is 1. The van der Waals surface area contributed by atoms with Crippen molar-refractivity contribution in [3.63, 3.8) is 0 Å². The van der Waals surface area contributed by atoms with Gasteiger partial charge >= 0.3 is 0 Å². The molecule has 5 nitrogen and oxygen atoms in total. The topological polar surface area (TPSA) is 54.5 Å². The van der Waals surface area contributed by atoms with Crippen LogP contribution in [0.3, 0.4) is 0 Å². The molecule has 3 rings (SSSR count). The van der Waals surface area contributed by atoms with Gasteiger partial charge in [0.15, 0.2) is 0 Å². The molecule has 1 fully saturated rings. The summed E-state index contributed by atoms with van der Waals surface area (Å²) >= 11 is 0. The summed E-state index contributed by atoms with van der Waals surface area (Å²) in [6.45, 7) is 2.83. The SMILES string of the molecule is O=C(NCCOc1ccccc1)c1cccnc1N1CCCC1. The van der Waals surface area contributed by atoms with Crippen LogP contribution in [-0.4, -0.2) is 37.1 Å². The molecule has 1 amide bonds. The number of anilines is 1. The minimum Gasteiger partial charge on any atom is -0.492 e. The van der Waals surface area contributed by atoms with Gasteiger partial charge in [-0.2, -0.15) is 0 Å². The summed E-state index contributed by atoms with van der Waals surface area (Å²) in [5, 5.41) is 2.90. The number of carbonyl (C=O) groups excluding carboxylic acids is 1. The number of nitrogens with one attached hydrogen (secondary N) is 1. The van der Waals surface area contributed by atoms with Crippen LogP contribution in [0.2, 0.25) is 0 Å². The molecule has 2 heterocycles. The van der Waals surface area contributed by atoms with Crippen LogP contribution in [-0.2, 0) is 0 Å². The first-order valence-electron chi connectivity index (χ1n) is 8.00. The fourth-order valence-electron chi connectivity index (χ4n) is 2.70. The molecule has 0 unspecified atom stereocenters. The Kier molecular flexibility index (Phi) is 5.09. The maximum atomic E-state index is 12.4. The minimum atomic E-state index is -0.100. The van der Waals surface area contributed by atoms with Crippen molar-refractivity contribution >= 4 is 11.7 Å². The number of hydrogen-bond donors (Lipinski definition) is 1. The lowest BCUT2D eigenvalue weighted by Gasteiger charge is -2.19. The predicted molar refractivity (Wildman–Crippen MR) is 90.0 cm³/mol. The summed E-state index contributed by atoms with van der Waals surface area (Å²) in [7, 11) is 0. The second kappa shape index (κ2) is 7.63. The van der Waals surface area contributed by atoms with E-state index in [-0.39, 0.29) is 5.91 Å². The van der Waals surface area contributed by atoms with Gasteiger partial charge in [0.1, 0.15) is 18.2 Å². The van der Waals surface area contributed by atoms with Gasteiger partial charge < -0.3 is 15.0 Å². The number of ether oxygens (including phenoxy) is 1. The lowest BCUT2D eigenvalue weighted by Crippen LogP contribution is -2.30. The van der Waals surface area contributed by atoms with Gasteiger partial charge in [-0.1, -0.05) is 18.2 Å². The Morgan fingerprint density at radius 3 is 2.70 bits per heavy atom. The molecule has 0 atom stereocenters. The number of para-hydroxylation sites is 1. The van der Waals surface area contributed by atoms with Crippen LogP contribution in [0.1, 0.15) is 23.2 Å². The van der Waals surface area contributed by atoms with E-state index in [0.29, 0.717) is 18.7 Å². The number of benzene rings is 1. The number of hydrogen-bond acceptors (Lipinski definition) is 4. The Balaban J connectivity index is 1.54. The van der Waals surface area contributed by atoms with Gasteiger partial charge in [-0.3, -0.25) is 4.79 Å². The Morgan fingerprint density at radius 1 is 1.13 bits per heavy atom. The fourth-order valence-corrected chi connectivity index (χ4v) is 2.70. The van der Waals surface area contributed by atoms with Gasteiger partial charge in [-0.15, -0.1) is 0 Å². The van der Waals surface area contributed by atoms with Gasteiger partial charge in [-0.25, -0.2) is 4.98 Å². The van der Waals surface area contributed by atoms with Crippen molar-refractivity contribution in [2.24, 2.45) is 0 Å². The van der Waals surface area contributed by atoms with Crippen molar-refractivity contribution < 1.29 is 9.53 Å². The first-order chi connectivity index (χ1) is 11.3. The summed E-state index contributed by atoms with van der Waals surface area (Å²) in [5.41, 5.74) is 0.633. The summed E-state index contributed by atoms with van der Waals surface area (Å²) in [6, 6.07) is 13.2. The molecule has 23 heavy (non-hydrogen) atoms. The van der Waals surface area contributed by atoms with Crippen molar-refractivity contribution in [3.05, 3.63) is 54.2 Å². The fraction of sp³-hybridized carbons (Fsp3) is 0.333. The highest BCUT2D eigenvalue weighted by Gasteiger charge is 2.20. The van der Waals surface area contributed by atoms with Crippen LogP contribution >= 0.6 is 0 Å². The highest BCUT2D eigenvalue weighted by Crippen LogP contribution is 2.21. The normalized spacial score (nSPS) is 13.8. The first-order valence-corrected chi connectivity index (χ1v) is 8.00. The van der Waals surface area contributed by atoms with Gasteiger partial charge in [0.25, 0.3) is 5.91 Å². The van der Waals surface area contributed by atoms with E-state index in [1.54, 1.807) is 12.3 Å². The highest BCUT2D eigenvalue weighted by atomic mass is 16.5. The van der Waals surface area contributed by atoms with E-state index < -0.39 is 0 Å². The summed E-state index contributed by atoms with van der Waals surface area (Å²) in [5.74, 6) is 1.49. The number of carbonyl (C=O) groups is 1. The Bertz CT molecular complexity index is 640. The number of pyridine rings is 1. The van der Waals surface area contributed by atoms with E-state index in [9.17, 15) is 4.79 Å². The largest absolute Gasteiger partial charge is 0.492 e. The molecule has 0 saturated carbocycles. The number of nitrogens with zero attached hydrogens (tertiary/aromatic N) is 2. The quantitative estimate of drug-likeness (QED) is 0.833. The van der Waals surface area contributed by atoms with Crippen molar-refractivity contribution in [2.75, 3.05) is 31.1 Å². The molecular weight excluding hydrogens is 290 g/mol. The molecule has 0 aliphatic carbocycles. The van der Waals surface area contributed by atoms with E-state index in [4.69, 9.17) is 4.74 Å². The third kappa shape index (κ3) is 4.00. The molecule has 120 valence electrons. The van der Waals surface area contributed by atoms with E-state index in [1.165, 1.54) is 0 Å². The smallest absolute Gasteiger partial charge is 0.255 e.